The van der Waals surface area contributed by atoms with Crippen molar-refractivity contribution in [2.24, 2.45) is 5.73 Å². The molecule has 1 heterocycles. The number of amides is 2. The van der Waals surface area contributed by atoms with Crippen molar-refractivity contribution >= 4 is 46.2 Å². The number of phenolic OH excluding ortho intramolecular Hbond substituents is 1. The van der Waals surface area contributed by atoms with Crippen molar-refractivity contribution in [3.63, 3.8) is 0 Å². The predicted octanol–water partition coefficient (Wildman–Crippen LogP) is 2.30. The molecule has 38 heavy (non-hydrogen) atoms. The van der Waals surface area contributed by atoms with Crippen molar-refractivity contribution in [1.82, 2.24) is 9.99 Å². The number of ketones is 1. The van der Waals surface area contributed by atoms with Crippen molar-refractivity contribution in [2.75, 3.05) is 17.0 Å². The summed E-state index contributed by atoms with van der Waals surface area (Å²) in [5.41, 5.74) is 7.50. The Labute approximate surface area is 224 Å². The zero-order chi connectivity index (χ0) is 28.0. The van der Waals surface area contributed by atoms with Crippen molar-refractivity contribution < 1.29 is 29.4 Å². The van der Waals surface area contributed by atoms with E-state index in [9.17, 15) is 29.4 Å². The first kappa shape index (κ1) is 28.7. The highest BCUT2D eigenvalue weighted by Crippen LogP contribution is 2.21. The van der Waals surface area contributed by atoms with Crippen molar-refractivity contribution in [2.45, 2.75) is 44.8 Å². The van der Waals surface area contributed by atoms with E-state index in [2.05, 4.69) is 5.32 Å². The number of nitrogens with one attached hydrogen (secondary N) is 1. The normalized spacial score (nSPS) is 13.5. The number of aromatic nitrogens is 1. The second kappa shape index (κ2) is 12.6. The molecule has 3 rings (SSSR count). The Kier molecular flexibility index (Phi) is 9.54. The highest BCUT2D eigenvalue weighted by Gasteiger charge is 2.34. The summed E-state index contributed by atoms with van der Waals surface area (Å²) in [4.78, 5) is 50.6. The number of aromatic hydroxyl groups is 1. The number of hydrogen-bond donors (Lipinski definition) is 4. The Bertz CT molecular complexity index is 1340. The van der Waals surface area contributed by atoms with Gasteiger partial charge in [0, 0.05) is 11.6 Å². The quantitative estimate of drug-likeness (QED) is 0.255. The third-order valence-electron chi connectivity index (χ3n) is 6.22. The second-order valence-electron chi connectivity index (χ2n) is 8.98. The Morgan fingerprint density at radius 2 is 1.84 bits per heavy atom. The predicted molar refractivity (Wildman–Crippen MR) is 147 cm³/mol. The molecule has 202 valence electrons. The van der Waals surface area contributed by atoms with Crippen LogP contribution in [0.15, 0.2) is 54.7 Å². The van der Waals surface area contributed by atoms with E-state index in [1.54, 1.807) is 30.5 Å². The number of thioether (sulfide) groups is 1. The molecule has 0 spiro atoms. The Balaban J connectivity index is 1.87. The van der Waals surface area contributed by atoms with Gasteiger partial charge in [-0.1, -0.05) is 24.3 Å². The van der Waals surface area contributed by atoms with Gasteiger partial charge in [-0.2, -0.15) is 11.8 Å². The van der Waals surface area contributed by atoms with Crippen LogP contribution in [0.1, 0.15) is 36.2 Å². The van der Waals surface area contributed by atoms with Gasteiger partial charge in [-0.05, 0) is 68.5 Å². The number of carbonyl (C=O) groups excluding carboxylic acids is 3. The number of benzene rings is 2. The van der Waals surface area contributed by atoms with E-state index < -0.39 is 35.9 Å². The van der Waals surface area contributed by atoms with Gasteiger partial charge in [-0.15, -0.1) is 0 Å². The summed E-state index contributed by atoms with van der Waals surface area (Å²) < 4.78 is 1.49. The summed E-state index contributed by atoms with van der Waals surface area (Å²) in [7, 11) is 0. The van der Waals surface area contributed by atoms with E-state index in [0.29, 0.717) is 16.8 Å². The molecule has 1 aromatic heterocycles. The van der Waals surface area contributed by atoms with Gasteiger partial charge in [0.1, 0.15) is 17.8 Å². The monoisotopic (exact) mass is 540 g/mol. The second-order valence-corrected chi connectivity index (χ2v) is 9.96. The van der Waals surface area contributed by atoms with Crippen molar-refractivity contribution in [3.05, 3.63) is 65.9 Å². The van der Waals surface area contributed by atoms with Crippen LogP contribution in [0.4, 0.5) is 0 Å². The molecule has 0 aliphatic heterocycles. The Hall–Kier alpha value is -3.83. The summed E-state index contributed by atoms with van der Waals surface area (Å²) in [5.74, 6) is -2.33. The Morgan fingerprint density at radius 1 is 1.13 bits per heavy atom. The van der Waals surface area contributed by atoms with Gasteiger partial charge in [-0.25, -0.2) is 9.80 Å². The zero-order valence-corrected chi connectivity index (χ0v) is 22.3. The van der Waals surface area contributed by atoms with E-state index >= 15 is 0 Å². The fourth-order valence-electron chi connectivity index (χ4n) is 4.11. The summed E-state index contributed by atoms with van der Waals surface area (Å²) in [6, 6.07) is 10.2. The summed E-state index contributed by atoms with van der Waals surface area (Å²) >= 11 is 1.49. The van der Waals surface area contributed by atoms with Gasteiger partial charge in [0.05, 0.1) is 17.1 Å². The van der Waals surface area contributed by atoms with Gasteiger partial charge in [0.2, 0.25) is 5.91 Å². The van der Waals surface area contributed by atoms with E-state index in [1.165, 1.54) is 42.4 Å². The lowest BCUT2D eigenvalue weighted by atomic mass is 10.0. The van der Waals surface area contributed by atoms with Gasteiger partial charge in [-0.3, -0.25) is 19.1 Å². The van der Waals surface area contributed by atoms with Crippen LogP contribution in [-0.2, 0) is 20.8 Å². The zero-order valence-electron chi connectivity index (χ0n) is 21.5. The molecule has 3 atom stereocenters. The van der Waals surface area contributed by atoms with E-state index in [-0.39, 0.29) is 29.9 Å². The standard InChI is InChI=1S/C27H32N4O6S/c1-16(27(36)37)31(30-12-10-19-6-4-5-7-23(19)30)26(35)22(11-13-38-3)29-25(34)21(28)15-18-8-9-24(33)20(14-18)17(2)32/h4-10,12,14,16,21-22,33H,11,13,15,28H2,1-3H3,(H,29,34)(H,36,37)/t16-,21-,22+/m1/s1. The number of carbonyl (C=O) groups is 4. The van der Waals surface area contributed by atoms with E-state index in [0.717, 1.165) is 10.4 Å². The lowest BCUT2D eigenvalue weighted by Crippen LogP contribution is -2.59. The van der Waals surface area contributed by atoms with Gasteiger partial charge < -0.3 is 21.3 Å². The summed E-state index contributed by atoms with van der Waals surface area (Å²) in [6.07, 6.45) is 3.81. The molecule has 0 saturated heterocycles. The molecule has 5 N–H and O–H groups in total. The lowest BCUT2D eigenvalue weighted by molar-refractivity contribution is -0.141. The third kappa shape index (κ3) is 6.53. The maximum atomic E-state index is 13.8. The van der Waals surface area contributed by atoms with Crippen LogP contribution in [0.2, 0.25) is 0 Å². The minimum absolute atomic E-state index is 0.0628. The third-order valence-corrected chi connectivity index (χ3v) is 6.86. The molecule has 11 heteroatoms. The molecule has 0 saturated carbocycles. The first-order valence-electron chi connectivity index (χ1n) is 12.0. The van der Waals surface area contributed by atoms with E-state index in [4.69, 9.17) is 5.73 Å². The molecule has 0 radical (unpaired) electrons. The molecule has 0 bridgehead atoms. The average Bonchev–Trinajstić information content (AvgIpc) is 3.31. The smallest absolute Gasteiger partial charge is 0.328 e. The van der Waals surface area contributed by atoms with Crippen molar-refractivity contribution in [3.8, 4) is 5.75 Å². The molecule has 0 aliphatic rings. The van der Waals surface area contributed by atoms with Crippen LogP contribution in [0.5, 0.6) is 5.75 Å². The minimum Gasteiger partial charge on any atom is -0.507 e. The molecule has 0 fully saturated rings. The van der Waals surface area contributed by atoms with Crippen molar-refractivity contribution in [1.29, 1.82) is 0 Å². The summed E-state index contributed by atoms with van der Waals surface area (Å²) in [6.45, 7) is 2.73. The highest BCUT2D eigenvalue weighted by molar-refractivity contribution is 7.98. The molecule has 2 amide bonds. The number of aliphatic carboxylic acids is 1. The molecule has 0 unspecified atom stereocenters. The summed E-state index contributed by atoms with van der Waals surface area (Å²) in [5, 5.41) is 24.3. The minimum atomic E-state index is -1.22. The maximum Gasteiger partial charge on any atom is 0.328 e. The molecular formula is C27H32N4O6S. The van der Waals surface area contributed by atoms with E-state index in [1.807, 2.05) is 18.4 Å². The molecule has 0 aliphatic carbocycles. The number of carboxylic acids is 1. The van der Waals surface area contributed by atoms with Crippen LogP contribution in [0, 0.1) is 0 Å². The van der Waals surface area contributed by atoms with Crippen LogP contribution in [0.3, 0.4) is 0 Å². The van der Waals surface area contributed by atoms with Crippen LogP contribution >= 0.6 is 11.8 Å². The largest absolute Gasteiger partial charge is 0.507 e. The number of nitrogens with zero attached hydrogens (tertiary/aromatic N) is 2. The number of rotatable bonds is 12. The molecule has 10 nitrogen and oxygen atoms in total. The van der Waals surface area contributed by atoms with Gasteiger partial charge >= 0.3 is 5.97 Å². The fourth-order valence-corrected chi connectivity index (χ4v) is 4.59. The number of para-hydroxylation sites is 1. The SMILES string of the molecule is CSCC[C@H](NC(=O)[C@H](N)Cc1ccc(O)c(C(C)=O)c1)C(=O)N([C@H](C)C(=O)O)n1ccc2ccccc21. The number of nitrogens with two attached hydrogens (primary N) is 1. The highest BCUT2D eigenvalue weighted by atomic mass is 32.2. The van der Waals surface area contributed by atoms with Crippen LogP contribution in [-0.4, -0.2) is 68.6 Å². The number of phenols is 1. The molecular weight excluding hydrogens is 508 g/mol. The maximum absolute atomic E-state index is 13.8. The number of fused-ring (bicyclic) bond motifs is 1. The van der Waals surface area contributed by atoms with Gasteiger partial charge in [0.25, 0.3) is 5.91 Å². The Morgan fingerprint density at radius 3 is 2.50 bits per heavy atom. The van der Waals surface area contributed by atoms with Gasteiger partial charge in [0.15, 0.2) is 5.78 Å². The molecule has 3 aromatic rings. The average molecular weight is 541 g/mol. The number of carboxylic acid groups (broad SMARTS) is 1. The van der Waals surface area contributed by atoms with Crippen LogP contribution < -0.4 is 16.1 Å². The first-order valence-corrected chi connectivity index (χ1v) is 13.4. The topological polar surface area (TPSA) is 155 Å². The fraction of sp³-hybridized carbons (Fsp3) is 0.333. The number of Topliss-reactive ketones (excluding diaryl/α,β-unsaturated/α-hetero) is 1. The van der Waals surface area contributed by atoms with Crippen LogP contribution in [0.25, 0.3) is 10.9 Å². The molecule has 2 aromatic carbocycles. The lowest BCUT2D eigenvalue weighted by Gasteiger charge is -2.32. The number of hydrogen-bond acceptors (Lipinski definition) is 7. The first-order chi connectivity index (χ1) is 18.0.